The summed E-state index contributed by atoms with van der Waals surface area (Å²) < 4.78 is 35.9. The number of hydrogen-bond acceptors (Lipinski definition) is 7. The highest BCUT2D eigenvalue weighted by Gasteiger charge is 2.19. The molecule has 0 radical (unpaired) electrons. The maximum absolute atomic E-state index is 12.4. The highest BCUT2D eigenvalue weighted by atomic mass is 35.5. The molecular formula is C18H16Cl2N2O4S2. The third-order valence-corrected chi connectivity index (χ3v) is 7.14. The maximum Gasteiger partial charge on any atom is 0.276 e. The van der Waals surface area contributed by atoms with Crippen LogP contribution in [0.1, 0.15) is 11.5 Å². The van der Waals surface area contributed by atoms with E-state index in [0.717, 1.165) is 17.3 Å². The van der Waals surface area contributed by atoms with Gasteiger partial charge in [0.1, 0.15) is 5.75 Å². The van der Waals surface area contributed by atoms with Crippen LogP contribution in [0.3, 0.4) is 0 Å². The summed E-state index contributed by atoms with van der Waals surface area (Å²) >= 11 is 13.0. The van der Waals surface area contributed by atoms with E-state index in [9.17, 15) is 8.42 Å². The first kappa shape index (κ1) is 21.0. The molecule has 0 amide bonds. The summed E-state index contributed by atoms with van der Waals surface area (Å²) in [6.07, 6.45) is 0. The molecule has 0 saturated carbocycles. The van der Waals surface area contributed by atoms with Crippen molar-refractivity contribution in [2.75, 3.05) is 11.5 Å². The lowest BCUT2D eigenvalue weighted by atomic mass is 10.2. The van der Waals surface area contributed by atoms with Crippen LogP contribution >= 0.6 is 35.0 Å². The predicted octanol–water partition coefficient (Wildman–Crippen LogP) is 4.83. The Bertz CT molecular complexity index is 1050. The highest BCUT2D eigenvalue weighted by Crippen LogP contribution is 2.27. The molecule has 0 aliphatic heterocycles. The molecule has 0 spiro atoms. The molecular weight excluding hydrogens is 443 g/mol. The fourth-order valence-corrected chi connectivity index (χ4v) is 5.44. The summed E-state index contributed by atoms with van der Waals surface area (Å²) in [5.41, 5.74) is 1.14. The number of ether oxygens (including phenoxy) is 1. The minimum absolute atomic E-state index is 0.0139. The molecule has 3 aromatic rings. The Labute approximate surface area is 177 Å². The van der Waals surface area contributed by atoms with Gasteiger partial charge in [-0.3, -0.25) is 0 Å². The van der Waals surface area contributed by atoms with Crippen molar-refractivity contribution in [1.82, 2.24) is 10.2 Å². The minimum Gasteiger partial charge on any atom is -0.484 e. The van der Waals surface area contributed by atoms with E-state index in [1.807, 2.05) is 31.2 Å². The molecule has 0 saturated heterocycles. The van der Waals surface area contributed by atoms with Crippen LogP contribution in [0.15, 0.2) is 57.0 Å². The minimum atomic E-state index is -3.58. The number of benzene rings is 2. The van der Waals surface area contributed by atoms with Crippen LogP contribution in [0.4, 0.5) is 0 Å². The summed E-state index contributed by atoms with van der Waals surface area (Å²) in [6.45, 7) is 2.12. The lowest BCUT2D eigenvalue weighted by Crippen LogP contribution is -2.09. The van der Waals surface area contributed by atoms with Crippen LogP contribution in [0.2, 0.25) is 10.0 Å². The number of hydrogen-bond donors (Lipinski definition) is 0. The van der Waals surface area contributed by atoms with Crippen LogP contribution in [-0.2, 0) is 16.4 Å². The number of nitrogens with zero attached hydrogens (tertiary/aromatic N) is 2. The van der Waals surface area contributed by atoms with Crippen molar-refractivity contribution in [3.8, 4) is 5.75 Å². The zero-order valence-corrected chi connectivity index (χ0v) is 17.9. The summed E-state index contributed by atoms with van der Waals surface area (Å²) in [5.74, 6) is 1.09. The first-order valence-corrected chi connectivity index (χ1v) is 11.6. The number of aromatic nitrogens is 2. The second kappa shape index (κ2) is 9.17. The summed E-state index contributed by atoms with van der Waals surface area (Å²) in [4.78, 5) is 0.0139. The highest BCUT2D eigenvalue weighted by molar-refractivity contribution is 8.00. The SMILES string of the molecule is Cc1ccc(OCc2nnc(SCCS(=O)(=O)c3cc(Cl)ccc3Cl)o2)cc1. The quantitative estimate of drug-likeness (QED) is 0.446. The maximum atomic E-state index is 12.4. The normalized spacial score (nSPS) is 11.5. The van der Waals surface area contributed by atoms with Crippen LogP contribution < -0.4 is 4.74 Å². The number of sulfone groups is 1. The van der Waals surface area contributed by atoms with Gasteiger partial charge >= 0.3 is 0 Å². The Kier molecular flexibility index (Phi) is 6.87. The van der Waals surface area contributed by atoms with Crippen LogP contribution in [0.25, 0.3) is 0 Å². The predicted molar refractivity (Wildman–Crippen MR) is 109 cm³/mol. The van der Waals surface area contributed by atoms with Gasteiger partial charge in [-0.2, -0.15) is 0 Å². The zero-order valence-electron chi connectivity index (χ0n) is 14.8. The molecule has 6 nitrogen and oxygen atoms in total. The van der Waals surface area contributed by atoms with Crippen molar-refractivity contribution >= 4 is 44.8 Å². The molecule has 148 valence electrons. The van der Waals surface area contributed by atoms with Gasteiger partial charge in [-0.25, -0.2) is 8.42 Å². The summed E-state index contributed by atoms with van der Waals surface area (Å²) in [7, 11) is -3.58. The average molecular weight is 459 g/mol. The Balaban J connectivity index is 1.52. The van der Waals surface area contributed by atoms with Crippen LogP contribution in [0, 0.1) is 6.92 Å². The van der Waals surface area contributed by atoms with Gasteiger partial charge in [0.25, 0.3) is 11.1 Å². The van der Waals surface area contributed by atoms with E-state index in [1.165, 1.54) is 18.2 Å². The lowest BCUT2D eigenvalue weighted by Gasteiger charge is -2.06. The van der Waals surface area contributed by atoms with E-state index in [2.05, 4.69) is 10.2 Å². The van der Waals surface area contributed by atoms with E-state index in [0.29, 0.717) is 16.7 Å². The third kappa shape index (κ3) is 5.64. The Morgan fingerprint density at radius 1 is 1.11 bits per heavy atom. The van der Waals surface area contributed by atoms with E-state index in [-0.39, 0.29) is 33.3 Å². The zero-order chi connectivity index (χ0) is 20.1. The molecule has 0 aliphatic rings. The molecule has 28 heavy (non-hydrogen) atoms. The van der Waals surface area contributed by atoms with E-state index < -0.39 is 9.84 Å². The Morgan fingerprint density at radius 2 is 1.86 bits per heavy atom. The first-order chi connectivity index (χ1) is 13.3. The molecule has 2 aromatic carbocycles. The second-order valence-corrected chi connectivity index (χ2v) is 9.77. The topological polar surface area (TPSA) is 82.3 Å². The third-order valence-electron chi connectivity index (χ3n) is 3.64. The molecule has 1 aromatic heterocycles. The molecule has 0 unspecified atom stereocenters. The second-order valence-electron chi connectivity index (χ2n) is 5.81. The van der Waals surface area contributed by atoms with Crippen molar-refractivity contribution in [2.24, 2.45) is 0 Å². The van der Waals surface area contributed by atoms with Crippen molar-refractivity contribution in [3.05, 3.63) is 64.0 Å². The largest absolute Gasteiger partial charge is 0.484 e. The van der Waals surface area contributed by atoms with Gasteiger partial charge in [-0.05, 0) is 37.3 Å². The molecule has 0 fully saturated rings. The molecule has 0 bridgehead atoms. The monoisotopic (exact) mass is 458 g/mol. The number of thioether (sulfide) groups is 1. The molecule has 3 rings (SSSR count). The van der Waals surface area contributed by atoms with E-state index in [1.54, 1.807) is 0 Å². The van der Waals surface area contributed by atoms with Gasteiger partial charge in [0.2, 0.25) is 0 Å². The number of halogens is 2. The fraction of sp³-hybridized carbons (Fsp3) is 0.222. The van der Waals surface area contributed by atoms with E-state index in [4.69, 9.17) is 32.4 Å². The Morgan fingerprint density at radius 3 is 2.61 bits per heavy atom. The van der Waals surface area contributed by atoms with Crippen molar-refractivity contribution < 1.29 is 17.6 Å². The van der Waals surface area contributed by atoms with Crippen molar-refractivity contribution in [3.63, 3.8) is 0 Å². The standard InChI is InChI=1S/C18H16Cl2N2O4S2/c1-12-2-5-14(6-3-12)25-11-17-21-22-18(26-17)27-8-9-28(23,24)16-10-13(19)4-7-15(16)20/h2-7,10H,8-9,11H2,1H3. The molecule has 0 aliphatic carbocycles. The fourth-order valence-electron chi connectivity index (χ4n) is 2.20. The van der Waals surface area contributed by atoms with Gasteiger partial charge in [0.05, 0.1) is 15.7 Å². The molecule has 0 N–H and O–H groups in total. The smallest absolute Gasteiger partial charge is 0.276 e. The van der Waals surface area contributed by atoms with Crippen LogP contribution in [-0.4, -0.2) is 30.1 Å². The molecule has 1 heterocycles. The van der Waals surface area contributed by atoms with Crippen molar-refractivity contribution in [2.45, 2.75) is 23.6 Å². The van der Waals surface area contributed by atoms with Gasteiger partial charge in [0, 0.05) is 10.8 Å². The molecule has 0 atom stereocenters. The van der Waals surface area contributed by atoms with Gasteiger partial charge in [-0.1, -0.05) is 52.7 Å². The average Bonchev–Trinajstić information content (AvgIpc) is 3.11. The number of rotatable bonds is 8. The summed E-state index contributed by atoms with van der Waals surface area (Å²) in [6, 6.07) is 11.9. The molecule has 10 heteroatoms. The van der Waals surface area contributed by atoms with Gasteiger partial charge < -0.3 is 9.15 Å². The van der Waals surface area contributed by atoms with E-state index >= 15 is 0 Å². The van der Waals surface area contributed by atoms with Gasteiger partial charge in [-0.15, -0.1) is 10.2 Å². The first-order valence-electron chi connectivity index (χ1n) is 8.16. The summed E-state index contributed by atoms with van der Waals surface area (Å²) in [5, 5.41) is 8.51. The van der Waals surface area contributed by atoms with Gasteiger partial charge in [0.15, 0.2) is 16.4 Å². The number of aryl methyl sites for hydroxylation is 1. The van der Waals surface area contributed by atoms with Crippen LogP contribution in [0.5, 0.6) is 5.75 Å². The Hall–Kier alpha value is -1.74. The lowest BCUT2D eigenvalue weighted by molar-refractivity contribution is 0.252. The van der Waals surface area contributed by atoms with Crippen molar-refractivity contribution in [1.29, 1.82) is 0 Å².